The Bertz CT molecular complexity index is 848. The van der Waals surface area contributed by atoms with Gasteiger partial charge >= 0.3 is 6.03 Å². The number of fused-ring (bicyclic) bond motifs is 1. The fourth-order valence-electron chi connectivity index (χ4n) is 2.92. The van der Waals surface area contributed by atoms with Crippen LogP contribution in [0.3, 0.4) is 0 Å². The van der Waals surface area contributed by atoms with Crippen molar-refractivity contribution in [3.63, 3.8) is 0 Å². The van der Waals surface area contributed by atoms with Crippen molar-refractivity contribution < 1.29 is 14.6 Å². The van der Waals surface area contributed by atoms with E-state index >= 15 is 0 Å². The largest absolute Gasteiger partial charge is 0.495 e. The standard InChI is InChI=1S/C19H24ClN5O3/c1-12(11-26)23-18-21-9-14-5-6-25(10-16(14)24-18)19(27)22-8-13-3-4-17(28-2)15(20)7-13/h3-4,7,9,12,26H,5-6,8,10-11H2,1-2H3,(H,22,27)(H,21,23,24)/t12-/m0/s1. The molecule has 0 fully saturated rings. The molecule has 0 saturated carbocycles. The summed E-state index contributed by atoms with van der Waals surface area (Å²) in [6.45, 7) is 3.22. The molecule has 1 aliphatic heterocycles. The van der Waals surface area contributed by atoms with Gasteiger partial charge in [0, 0.05) is 25.3 Å². The highest BCUT2D eigenvalue weighted by Crippen LogP contribution is 2.25. The summed E-state index contributed by atoms with van der Waals surface area (Å²) < 4.78 is 5.14. The molecule has 150 valence electrons. The van der Waals surface area contributed by atoms with Crippen molar-refractivity contribution in [1.29, 1.82) is 0 Å². The quantitative estimate of drug-likeness (QED) is 0.681. The molecular weight excluding hydrogens is 382 g/mol. The lowest BCUT2D eigenvalue weighted by Crippen LogP contribution is -2.42. The number of methoxy groups -OCH3 is 1. The minimum atomic E-state index is -0.158. The Kier molecular flexibility index (Phi) is 6.53. The third kappa shape index (κ3) is 4.82. The highest BCUT2D eigenvalue weighted by molar-refractivity contribution is 6.32. The summed E-state index contributed by atoms with van der Waals surface area (Å²) in [4.78, 5) is 23.1. The van der Waals surface area contributed by atoms with Gasteiger partial charge in [-0.1, -0.05) is 17.7 Å². The van der Waals surface area contributed by atoms with E-state index in [0.29, 0.717) is 42.8 Å². The van der Waals surface area contributed by atoms with Crippen LogP contribution in [-0.4, -0.2) is 52.3 Å². The number of urea groups is 1. The number of ether oxygens (including phenoxy) is 1. The minimum Gasteiger partial charge on any atom is -0.495 e. The molecule has 28 heavy (non-hydrogen) atoms. The molecule has 0 spiro atoms. The number of nitrogens with one attached hydrogen (secondary N) is 2. The van der Waals surface area contributed by atoms with Crippen molar-refractivity contribution in [3.05, 3.63) is 46.2 Å². The predicted octanol–water partition coefficient (Wildman–Crippen LogP) is 2.20. The summed E-state index contributed by atoms with van der Waals surface area (Å²) in [7, 11) is 1.56. The Morgan fingerprint density at radius 1 is 1.46 bits per heavy atom. The molecule has 3 rings (SSSR count). The van der Waals surface area contributed by atoms with E-state index in [4.69, 9.17) is 21.4 Å². The van der Waals surface area contributed by atoms with Crippen LogP contribution >= 0.6 is 11.6 Å². The number of aliphatic hydroxyl groups is 1. The van der Waals surface area contributed by atoms with Crippen LogP contribution < -0.4 is 15.4 Å². The molecule has 8 nitrogen and oxygen atoms in total. The van der Waals surface area contributed by atoms with Gasteiger partial charge in [0.1, 0.15) is 5.75 Å². The normalized spacial score (nSPS) is 14.2. The van der Waals surface area contributed by atoms with E-state index in [1.807, 2.05) is 13.0 Å². The smallest absolute Gasteiger partial charge is 0.318 e. The molecule has 0 saturated heterocycles. The summed E-state index contributed by atoms with van der Waals surface area (Å²) >= 11 is 6.13. The highest BCUT2D eigenvalue weighted by atomic mass is 35.5. The fourth-order valence-corrected chi connectivity index (χ4v) is 3.20. The summed E-state index contributed by atoms with van der Waals surface area (Å²) in [5.74, 6) is 1.06. The maximum atomic E-state index is 12.6. The van der Waals surface area contributed by atoms with Crippen molar-refractivity contribution in [1.82, 2.24) is 20.2 Å². The topological polar surface area (TPSA) is 99.6 Å². The SMILES string of the molecule is COc1ccc(CNC(=O)N2CCc3cnc(N[C@@H](C)CO)nc3C2)cc1Cl. The first-order valence-electron chi connectivity index (χ1n) is 9.07. The zero-order chi connectivity index (χ0) is 20.1. The van der Waals surface area contributed by atoms with Gasteiger partial charge in [0.05, 0.1) is 31.0 Å². The molecule has 1 atom stereocenters. The van der Waals surface area contributed by atoms with Gasteiger partial charge in [-0.15, -0.1) is 0 Å². The average Bonchev–Trinajstić information content (AvgIpc) is 2.71. The van der Waals surface area contributed by atoms with Gasteiger partial charge in [0.25, 0.3) is 0 Å². The zero-order valence-corrected chi connectivity index (χ0v) is 16.7. The van der Waals surface area contributed by atoms with Crippen LogP contribution in [0.4, 0.5) is 10.7 Å². The van der Waals surface area contributed by atoms with Crippen LogP contribution in [0.1, 0.15) is 23.7 Å². The van der Waals surface area contributed by atoms with Crippen molar-refractivity contribution in [2.45, 2.75) is 32.5 Å². The van der Waals surface area contributed by atoms with Crippen molar-refractivity contribution in [3.8, 4) is 5.75 Å². The molecule has 0 aliphatic carbocycles. The highest BCUT2D eigenvalue weighted by Gasteiger charge is 2.22. The van der Waals surface area contributed by atoms with Crippen molar-refractivity contribution in [2.75, 3.05) is 25.6 Å². The number of nitrogens with zero attached hydrogens (tertiary/aromatic N) is 3. The first kappa shape index (κ1) is 20.2. The van der Waals surface area contributed by atoms with E-state index in [-0.39, 0.29) is 18.7 Å². The van der Waals surface area contributed by atoms with Gasteiger partial charge in [0.2, 0.25) is 5.95 Å². The maximum Gasteiger partial charge on any atom is 0.318 e. The Morgan fingerprint density at radius 3 is 3.00 bits per heavy atom. The van der Waals surface area contributed by atoms with Crippen molar-refractivity contribution >= 4 is 23.6 Å². The van der Waals surface area contributed by atoms with Crippen LogP contribution in [0.15, 0.2) is 24.4 Å². The number of anilines is 1. The number of aromatic nitrogens is 2. The second-order valence-corrected chi connectivity index (χ2v) is 7.10. The molecule has 2 aromatic rings. The van der Waals surface area contributed by atoms with Gasteiger partial charge in [-0.05, 0) is 36.6 Å². The summed E-state index contributed by atoms with van der Waals surface area (Å²) in [6, 6.07) is 5.12. The second kappa shape index (κ2) is 9.07. The third-order valence-electron chi connectivity index (χ3n) is 4.54. The maximum absolute atomic E-state index is 12.6. The van der Waals surface area contributed by atoms with E-state index < -0.39 is 0 Å². The molecule has 0 bridgehead atoms. The molecule has 1 aromatic heterocycles. The molecule has 0 radical (unpaired) electrons. The monoisotopic (exact) mass is 405 g/mol. The zero-order valence-electron chi connectivity index (χ0n) is 15.9. The van der Waals surface area contributed by atoms with Crippen LogP contribution in [0, 0.1) is 0 Å². The Morgan fingerprint density at radius 2 is 2.29 bits per heavy atom. The first-order valence-corrected chi connectivity index (χ1v) is 9.45. The number of aliphatic hydroxyl groups excluding tert-OH is 1. The number of halogens is 1. The number of carbonyl (C=O) groups is 1. The average molecular weight is 406 g/mol. The first-order chi connectivity index (χ1) is 13.5. The van der Waals surface area contributed by atoms with E-state index in [0.717, 1.165) is 16.8 Å². The molecule has 3 N–H and O–H groups in total. The molecule has 1 aliphatic rings. The summed E-state index contributed by atoms with van der Waals surface area (Å²) in [6.07, 6.45) is 2.48. The van der Waals surface area contributed by atoms with Gasteiger partial charge < -0.3 is 25.4 Å². The van der Waals surface area contributed by atoms with Gasteiger partial charge in [-0.2, -0.15) is 0 Å². The van der Waals surface area contributed by atoms with Crippen LogP contribution in [0.5, 0.6) is 5.75 Å². The lowest BCUT2D eigenvalue weighted by molar-refractivity contribution is 0.191. The number of amides is 2. The minimum absolute atomic E-state index is 0.00957. The van der Waals surface area contributed by atoms with Gasteiger partial charge in [-0.25, -0.2) is 14.8 Å². The predicted molar refractivity (Wildman–Crippen MR) is 107 cm³/mol. The molecule has 2 heterocycles. The van der Waals surface area contributed by atoms with Crippen LogP contribution in [0.25, 0.3) is 0 Å². The van der Waals surface area contributed by atoms with E-state index in [9.17, 15) is 4.79 Å². The fraction of sp³-hybridized carbons (Fsp3) is 0.421. The molecular formula is C19H24ClN5O3. The number of carbonyl (C=O) groups excluding carboxylic acids is 1. The Balaban J connectivity index is 1.60. The third-order valence-corrected chi connectivity index (χ3v) is 4.84. The Labute approximate surface area is 168 Å². The lowest BCUT2D eigenvalue weighted by atomic mass is 10.1. The molecule has 0 unspecified atom stereocenters. The lowest BCUT2D eigenvalue weighted by Gasteiger charge is -2.28. The summed E-state index contributed by atoms with van der Waals surface area (Å²) in [5, 5.41) is 15.6. The van der Waals surface area contributed by atoms with E-state index in [1.54, 1.807) is 30.3 Å². The number of hydrogen-bond donors (Lipinski definition) is 3. The van der Waals surface area contributed by atoms with E-state index in [1.165, 1.54) is 0 Å². The molecule has 1 aromatic carbocycles. The van der Waals surface area contributed by atoms with Crippen LogP contribution in [-0.2, 0) is 19.5 Å². The van der Waals surface area contributed by atoms with Gasteiger partial charge in [-0.3, -0.25) is 0 Å². The summed E-state index contributed by atoms with van der Waals surface area (Å²) in [5.41, 5.74) is 2.74. The number of rotatable bonds is 6. The molecule has 9 heteroatoms. The number of benzene rings is 1. The second-order valence-electron chi connectivity index (χ2n) is 6.69. The van der Waals surface area contributed by atoms with Crippen LogP contribution in [0.2, 0.25) is 5.02 Å². The van der Waals surface area contributed by atoms with E-state index in [2.05, 4.69) is 20.6 Å². The number of hydrogen-bond acceptors (Lipinski definition) is 6. The molecule has 2 amide bonds. The van der Waals surface area contributed by atoms with Gasteiger partial charge in [0.15, 0.2) is 0 Å². The Hall–Kier alpha value is -2.58. The van der Waals surface area contributed by atoms with Crippen molar-refractivity contribution in [2.24, 2.45) is 0 Å².